The molecule has 110 valence electrons. The summed E-state index contributed by atoms with van der Waals surface area (Å²) in [4.78, 5) is 12.4. The second-order valence-electron chi connectivity index (χ2n) is 4.73. The molecule has 0 radical (unpaired) electrons. The first-order valence-corrected chi connectivity index (χ1v) is 6.51. The van der Waals surface area contributed by atoms with Crippen molar-refractivity contribution in [3.8, 4) is 11.8 Å². The van der Waals surface area contributed by atoms with Crippen LogP contribution in [0, 0.1) is 11.8 Å². The Labute approximate surface area is 120 Å². The third kappa shape index (κ3) is 2.21. The number of anilines is 1. The highest BCUT2D eigenvalue weighted by molar-refractivity contribution is 5.82. The lowest BCUT2D eigenvalue weighted by Crippen LogP contribution is -2.24. The van der Waals surface area contributed by atoms with E-state index in [-0.39, 0.29) is 12.4 Å². The van der Waals surface area contributed by atoms with Crippen LogP contribution < -0.4 is 5.73 Å². The van der Waals surface area contributed by atoms with Crippen molar-refractivity contribution in [3.05, 3.63) is 12.2 Å². The fraction of sp³-hybridized carbons (Fsp3) is 0.462. The van der Waals surface area contributed by atoms with Crippen LogP contribution >= 0.6 is 0 Å². The van der Waals surface area contributed by atoms with Crippen LogP contribution in [0.3, 0.4) is 0 Å². The zero-order valence-corrected chi connectivity index (χ0v) is 11.4. The molecule has 3 atom stereocenters. The van der Waals surface area contributed by atoms with Gasteiger partial charge in [-0.15, -0.1) is 0 Å². The van der Waals surface area contributed by atoms with Gasteiger partial charge < -0.3 is 20.7 Å². The Hall–Kier alpha value is -2.21. The molecule has 1 saturated heterocycles. The summed E-state index contributed by atoms with van der Waals surface area (Å²) in [6, 6.07) is 0. The van der Waals surface area contributed by atoms with Crippen molar-refractivity contribution in [2.45, 2.75) is 31.8 Å². The second kappa shape index (κ2) is 5.29. The summed E-state index contributed by atoms with van der Waals surface area (Å²) in [5.41, 5.74) is 6.75. The van der Waals surface area contributed by atoms with Crippen molar-refractivity contribution in [2.24, 2.45) is 0 Å². The van der Waals surface area contributed by atoms with Gasteiger partial charge >= 0.3 is 0 Å². The molecular weight excluding hydrogens is 274 g/mol. The molecule has 1 aliphatic rings. The third-order valence-corrected chi connectivity index (χ3v) is 3.41. The summed E-state index contributed by atoms with van der Waals surface area (Å²) < 4.78 is 7.34. The Morgan fingerprint density at radius 2 is 2.33 bits per heavy atom. The van der Waals surface area contributed by atoms with Gasteiger partial charge in [-0.05, 0) is 12.8 Å². The van der Waals surface area contributed by atoms with Crippen LogP contribution in [0.4, 0.5) is 5.82 Å². The molecule has 3 heterocycles. The average Bonchev–Trinajstić information content (AvgIpc) is 3.00. The van der Waals surface area contributed by atoms with Gasteiger partial charge in [0.15, 0.2) is 22.8 Å². The summed E-state index contributed by atoms with van der Waals surface area (Å²) in [6.45, 7) is 1.44. The fourth-order valence-corrected chi connectivity index (χ4v) is 2.44. The van der Waals surface area contributed by atoms with Gasteiger partial charge in [-0.25, -0.2) is 15.0 Å². The number of hydrogen-bond donors (Lipinski definition) is 3. The molecule has 2 aromatic rings. The van der Waals surface area contributed by atoms with E-state index in [1.54, 1.807) is 11.5 Å². The van der Waals surface area contributed by atoms with Gasteiger partial charge in [0.1, 0.15) is 18.7 Å². The number of imidazole rings is 1. The maximum absolute atomic E-state index is 9.89. The number of rotatable bonds is 2. The lowest BCUT2D eigenvalue weighted by molar-refractivity contribution is -0.0434. The molecule has 0 spiro atoms. The molecule has 0 saturated carbocycles. The van der Waals surface area contributed by atoms with Gasteiger partial charge in [0.2, 0.25) is 0 Å². The van der Waals surface area contributed by atoms with Crippen LogP contribution in [0.15, 0.2) is 6.33 Å². The predicted molar refractivity (Wildman–Crippen MR) is 73.9 cm³/mol. The van der Waals surface area contributed by atoms with Gasteiger partial charge in [-0.2, -0.15) is 0 Å². The smallest absolute Gasteiger partial charge is 0.189 e. The zero-order chi connectivity index (χ0) is 15.0. The minimum absolute atomic E-state index is 0.254. The first-order valence-electron chi connectivity index (χ1n) is 6.51. The minimum atomic E-state index is -0.751. The average molecular weight is 289 g/mol. The van der Waals surface area contributed by atoms with E-state index in [1.165, 1.54) is 6.33 Å². The lowest BCUT2D eigenvalue weighted by atomic mass is 10.2. The number of hydrogen-bond acceptors (Lipinski definition) is 7. The summed E-state index contributed by atoms with van der Waals surface area (Å²) in [7, 11) is 0. The monoisotopic (exact) mass is 289 g/mol. The highest BCUT2D eigenvalue weighted by Gasteiger charge is 2.36. The fourth-order valence-electron chi connectivity index (χ4n) is 2.44. The van der Waals surface area contributed by atoms with E-state index in [0.29, 0.717) is 23.4 Å². The Bertz CT molecular complexity index is 732. The largest absolute Gasteiger partial charge is 0.394 e. The van der Waals surface area contributed by atoms with Crippen LogP contribution in [0.1, 0.15) is 25.4 Å². The summed E-state index contributed by atoms with van der Waals surface area (Å²) in [6.07, 6.45) is -0.229. The quantitative estimate of drug-likeness (QED) is 0.633. The SMILES string of the molecule is CC#Cc1nc2c(N)ncnc2n1[C@H]1CC(O)[C@@H](CO)O1. The first-order chi connectivity index (χ1) is 10.2. The van der Waals surface area contributed by atoms with Crippen LogP contribution in [-0.2, 0) is 4.74 Å². The van der Waals surface area contributed by atoms with E-state index in [4.69, 9.17) is 10.5 Å². The predicted octanol–water partition coefficient (Wildman–Crippen LogP) is -0.579. The van der Waals surface area contributed by atoms with Crippen LogP contribution in [-0.4, -0.2) is 48.5 Å². The van der Waals surface area contributed by atoms with Crippen LogP contribution in [0.25, 0.3) is 11.2 Å². The number of ether oxygens (including phenoxy) is 1. The van der Waals surface area contributed by atoms with E-state index in [2.05, 4.69) is 26.8 Å². The maximum atomic E-state index is 9.89. The van der Waals surface area contributed by atoms with Crippen molar-refractivity contribution in [1.82, 2.24) is 19.5 Å². The zero-order valence-electron chi connectivity index (χ0n) is 11.4. The molecular formula is C13H15N5O3. The molecule has 3 rings (SSSR count). The minimum Gasteiger partial charge on any atom is -0.394 e. The summed E-state index contributed by atoms with van der Waals surface area (Å²) >= 11 is 0. The van der Waals surface area contributed by atoms with Crippen molar-refractivity contribution >= 4 is 17.0 Å². The Balaban J connectivity index is 2.14. The van der Waals surface area contributed by atoms with Crippen LogP contribution in [0.2, 0.25) is 0 Å². The van der Waals surface area contributed by atoms with Gasteiger partial charge in [-0.1, -0.05) is 5.92 Å². The normalized spacial score (nSPS) is 25.0. The van der Waals surface area contributed by atoms with Crippen molar-refractivity contribution in [2.75, 3.05) is 12.3 Å². The van der Waals surface area contributed by atoms with Crippen molar-refractivity contribution in [1.29, 1.82) is 0 Å². The molecule has 1 unspecified atom stereocenters. The van der Waals surface area contributed by atoms with E-state index in [0.717, 1.165) is 0 Å². The molecule has 21 heavy (non-hydrogen) atoms. The number of nitrogen functional groups attached to an aromatic ring is 1. The van der Waals surface area contributed by atoms with Gasteiger partial charge in [0, 0.05) is 6.42 Å². The van der Waals surface area contributed by atoms with Gasteiger partial charge in [0.05, 0.1) is 12.7 Å². The lowest BCUT2D eigenvalue weighted by Gasteiger charge is -2.14. The highest BCUT2D eigenvalue weighted by atomic mass is 16.5. The molecule has 0 bridgehead atoms. The van der Waals surface area contributed by atoms with Gasteiger partial charge in [0.25, 0.3) is 0 Å². The summed E-state index contributed by atoms with van der Waals surface area (Å²) in [5, 5.41) is 19.1. The molecule has 1 aliphatic heterocycles. The highest BCUT2D eigenvalue weighted by Crippen LogP contribution is 2.32. The second-order valence-corrected chi connectivity index (χ2v) is 4.73. The molecule has 1 fully saturated rings. The molecule has 0 aromatic carbocycles. The topological polar surface area (TPSA) is 119 Å². The number of aliphatic hydroxyl groups excluding tert-OH is 2. The van der Waals surface area contributed by atoms with E-state index >= 15 is 0 Å². The van der Waals surface area contributed by atoms with Crippen LogP contribution in [0.5, 0.6) is 0 Å². The molecule has 0 amide bonds. The van der Waals surface area contributed by atoms with Gasteiger partial charge in [-0.3, -0.25) is 4.57 Å². The molecule has 8 nitrogen and oxygen atoms in total. The Kier molecular flexibility index (Phi) is 3.47. The maximum Gasteiger partial charge on any atom is 0.189 e. The molecule has 4 N–H and O–H groups in total. The Morgan fingerprint density at radius 3 is 3.00 bits per heavy atom. The van der Waals surface area contributed by atoms with E-state index in [1.807, 2.05) is 0 Å². The summed E-state index contributed by atoms with van der Waals surface area (Å²) in [5.74, 6) is 6.35. The van der Waals surface area contributed by atoms with Crippen molar-refractivity contribution < 1.29 is 14.9 Å². The molecule has 8 heteroatoms. The third-order valence-electron chi connectivity index (χ3n) is 3.41. The first kappa shape index (κ1) is 13.8. The number of nitrogens with zero attached hydrogens (tertiary/aromatic N) is 4. The van der Waals surface area contributed by atoms with E-state index in [9.17, 15) is 10.2 Å². The number of aliphatic hydroxyl groups is 2. The number of nitrogens with two attached hydrogens (primary N) is 1. The number of aromatic nitrogens is 4. The van der Waals surface area contributed by atoms with Crippen molar-refractivity contribution in [3.63, 3.8) is 0 Å². The Morgan fingerprint density at radius 1 is 1.52 bits per heavy atom. The number of fused-ring (bicyclic) bond motifs is 1. The molecule has 2 aromatic heterocycles. The molecule has 0 aliphatic carbocycles. The standard InChI is InChI=1S/C13H15N5O3/c1-2-3-9-17-11-12(14)15-6-16-13(11)18(9)10-4-7(20)8(5-19)21-10/h6-8,10,19-20H,4-5H2,1H3,(H2,14,15,16)/t7?,8-,10-/m1/s1. The van der Waals surface area contributed by atoms with E-state index < -0.39 is 18.4 Å².